The first kappa shape index (κ1) is 16.5. The van der Waals surface area contributed by atoms with Crippen LogP contribution in [-0.4, -0.2) is 28.3 Å². The van der Waals surface area contributed by atoms with E-state index in [0.29, 0.717) is 18.9 Å². The second-order valence-electron chi connectivity index (χ2n) is 6.38. The van der Waals surface area contributed by atoms with Gasteiger partial charge in [0.15, 0.2) is 0 Å². The zero-order chi connectivity index (χ0) is 15.8. The number of nitrogens with zero attached hydrogens (tertiary/aromatic N) is 1. The van der Waals surface area contributed by atoms with Gasteiger partial charge in [-0.1, -0.05) is 13.8 Å². The number of hydrogen-bond acceptors (Lipinski definition) is 3. The van der Waals surface area contributed by atoms with Crippen LogP contribution in [-0.2, 0) is 16.1 Å². The van der Waals surface area contributed by atoms with Crippen molar-refractivity contribution in [2.45, 2.75) is 52.2 Å². The van der Waals surface area contributed by atoms with E-state index < -0.39 is 5.54 Å². The lowest BCUT2D eigenvalue weighted by Crippen LogP contribution is -2.67. The molecular weight excluding hydrogens is 352 g/mol. The molecule has 21 heavy (non-hydrogen) atoms. The predicted octanol–water partition coefficient (Wildman–Crippen LogP) is 3.16. The molecule has 1 N–H and O–H groups in total. The number of halogens is 1. The summed E-state index contributed by atoms with van der Waals surface area (Å²) in [7, 11) is 0. The second kappa shape index (κ2) is 6.08. The number of rotatable bonds is 4. The first-order valence-electron chi connectivity index (χ1n) is 7.07. The highest BCUT2D eigenvalue weighted by Gasteiger charge is 2.45. The number of thiophene rings is 1. The molecule has 0 aliphatic carbocycles. The molecule has 1 aliphatic rings. The van der Waals surface area contributed by atoms with Gasteiger partial charge in [-0.25, -0.2) is 0 Å². The number of carbonyl (C=O) groups excluding carboxylic acids is 2. The summed E-state index contributed by atoms with van der Waals surface area (Å²) in [6.45, 7) is 8.13. The van der Waals surface area contributed by atoms with Crippen molar-refractivity contribution in [2.75, 3.05) is 0 Å². The average molecular weight is 373 g/mol. The molecule has 1 aliphatic heterocycles. The topological polar surface area (TPSA) is 49.4 Å². The zero-order valence-electron chi connectivity index (χ0n) is 12.8. The van der Waals surface area contributed by atoms with Crippen molar-refractivity contribution in [1.82, 2.24) is 10.2 Å². The summed E-state index contributed by atoms with van der Waals surface area (Å²) < 4.78 is 0.993. The van der Waals surface area contributed by atoms with Gasteiger partial charge < -0.3 is 10.2 Å². The molecule has 6 heteroatoms. The summed E-state index contributed by atoms with van der Waals surface area (Å²) in [5, 5.41) is 4.83. The van der Waals surface area contributed by atoms with E-state index in [4.69, 9.17) is 0 Å². The van der Waals surface area contributed by atoms with Gasteiger partial charge >= 0.3 is 0 Å². The maximum atomic E-state index is 12.7. The lowest BCUT2D eigenvalue weighted by Gasteiger charge is -2.43. The molecule has 0 bridgehead atoms. The summed E-state index contributed by atoms with van der Waals surface area (Å²) in [4.78, 5) is 27.9. The van der Waals surface area contributed by atoms with E-state index >= 15 is 0 Å². The van der Waals surface area contributed by atoms with Crippen molar-refractivity contribution in [3.63, 3.8) is 0 Å². The quantitative estimate of drug-likeness (QED) is 0.882. The van der Waals surface area contributed by atoms with E-state index in [2.05, 4.69) is 35.1 Å². The van der Waals surface area contributed by atoms with Gasteiger partial charge in [-0.3, -0.25) is 9.59 Å². The zero-order valence-corrected chi connectivity index (χ0v) is 15.2. The highest BCUT2D eigenvalue weighted by Crippen LogP contribution is 2.29. The lowest BCUT2D eigenvalue weighted by molar-refractivity contribution is -0.154. The molecule has 1 aromatic rings. The minimum Gasteiger partial charge on any atom is -0.340 e. The Morgan fingerprint density at radius 1 is 1.43 bits per heavy atom. The van der Waals surface area contributed by atoms with Crippen LogP contribution in [0.15, 0.2) is 15.9 Å². The Hall–Kier alpha value is -0.880. The van der Waals surface area contributed by atoms with Crippen LogP contribution in [0, 0.1) is 5.92 Å². The van der Waals surface area contributed by atoms with Gasteiger partial charge in [-0.05, 0) is 53.6 Å². The third-order valence-electron chi connectivity index (χ3n) is 3.61. The molecule has 1 unspecified atom stereocenters. The van der Waals surface area contributed by atoms with E-state index in [-0.39, 0.29) is 17.9 Å². The molecule has 1 fully saturated rings. The van der Waals surface area contributed by atoms with Crippen molar-refractivity contribution in [1.29, 1.82) is 0 Å². The van der Waals surface area contributed by atoms with Crippen molar-refractivity contribution < 1.29 is 9.59 Å². The van der Waals surface area contributed by atoms with Crippen molar-refractivity contribution in [3.05, 3.63) is 20.8 Å². The number of amides is 2. The molecule has 1 saturated heterocycles. The smallest absolute Gasteiger partial charge is 0.248 e. The van der Waals surface area contributed by atoms with E-state index in [1.807, 2.05) is 11.4 Å². The first-order chi connectivity index (χ1) is 9.72. The molecule has 1 aromatic heterocycles. The normalized spacial score (nSPS) is 21.8. The second-order valence-corrected chi connectivity index (χ2v) is 8.24. The summed E-state index contributed by atoms with van der Waals surface area (Å²) in [6, 6.07) is 1.58. The van der Waals surface area contributed by atoms with Gasteiger partial charge in [0.05, 0.1) is 6.54 Å². The number of piperazine rings is 1. The summed E-state index contributed by atoms with van der Waals surface area (Å²) in [5.74, 6) is 0.276. The van der Waals surface area contributed by atoms with Crippen molar-refractivity contribution in [3.8, 4) is 0 Å². The molecule has 2 heterocycles. The predicted molar refractivity (Wildman–Crippen MR) is 88.0 cm³/mol. The summed E-state index contributed by atoms with van der Waals surface area (Å²) >= 11 is 5.09. The molecule has 116 valence electrons. The van der Waals surface area contributed by atoms with Crippen molar-refractivity contribution >= 4 is 39.1 Å². The van der Waals surface area contributed by atoms with Crippen LogP contribution >= 0.6 is 27.3 Å². The Morgan fingerprint density at radius 2 is 2.10 bits per heavy atom. The van der Waals surface area contributed by atoms with E-state index in [0.717, 1.165) is 9.35 Å². The Bertz CT molecular complexity index is 554. The van der Waals surface area contributed by atoms with E-state index in [1.165, 1.54) is 0 Å². The highest BCUT2D eigenvalue weighted by atomic mass is 79.9. The minimum atomic E-state index is -0.839. The van der Waals surface area contributed by atoms with Crippen LogP contribution < -0.4 is 5.32 Å². The maximum Gasteiger partial charge on any atom is 0.248 e. The molecule has 0 radical (unpaired) electrons. The Kier molecular flexibility index (Phi) is 4.78. The van der Waals surface area contributed by atoms with Gasteiger partial charge in [0.2, 0.25) is 11.8 Å². The van der Waals surface area contributed by atoms with Crippen LogP contribution in [0.3, 0.4) is 0 Å². The fraction of sp³-hybridized carbons (Fsp3) is 0.600. The highest BCUT2D eigenvalue weighted by molar-refractivity contribution is 9.10. The molecule has 0 saturated carbocycles. The van der Waals surface area contributed by atoms with Gasteiger partial charge in [0.25, 0.3) is 0 Å². The fourth-order valence-corrected chi connectivity index (χ4v) is 4.02. The standard InChI is InChI=1S/C15H21BrN2O2S/c1-9(2)7-11-13(19)17-15(3,4)14(20)18(11)8-12-10(16)5-6-21-12/h5-6,9,11H,7-8H2,1-4H3,(H,17,19). The Balaban J connectivity index is 2.31. The molecule has 1 atom stereocenters. The van der Waals surface area contributed by atoms with E-state index in [1.54, 1.807) is 30.1 Å². The van der Waals surface area contributed by atoms with Gasteiger partial charge in [0.1, 0.15) is 11.6 Å². The molecule has 0 spiro atoms. The van der Waals surface area contributed by atoms with Gasteiger partial charge in [0, 0.05) is 9.35 Å². The SMILES string of the molecule is CC(C)CC1C(=O)NC(C)(C)C(=O)N1Cc1sccc1Br. The fourth-order valence-electron chi connectivity index (χ4n) is 2.54. The summed E-state index contributed by atoms with van der Waals surface area (Å²) in [6.07, 6.45) is 0.677. The maximum absolute atomic E-state index is 12.7. The summed E-state index contributed by atoms with van der Waals surface area (Å²) in [5.41, 5.74) is -0.839. The van der Waals surface area contributed by atoms with Crippen molar-refractivity contribution in [2.24, 2.45) is 5.92 Å². The molecule has 2 rings (SSSR count). The van der Waals surface area contributed by atoms with Gasteiger partial charge in [-0.2, -0.15) is 0 Å². The number of carbonyl (C=O) groups is 2. The van der Waals surface area contributed by atoms with Crippen LogP contribution in [0.4, 0.5) is 0 Å². The Morgan fingerprint density at radius 3 is 2.62 bits per heavy atom. The Labute approximate surface area is 138 Å². The first-order valence-corrected chi connectivity index (χ1v) is 8.74. The largest absolute Gasteiger partial charge is 0.340 e. The number of hydrogen-bond donors (Lipinski definition) is 1. The molecule has 0 aromatic carbocycles. The average Bonchev–Trinajstić information content (AvgIpc) is 2.76. The third kappa shape index (κ3) is 3.48. The molecular formula is C15H21BrN2O2S. The van der Waals surface area contributed by atoms with Crippen LogP contribution in [0.25, 0.3) is 0 Å². The third-order valence-corrected chi connectivity index (χ3v) is 5.52. The number of nitrogens with one attached hydrogen (secondary N) is 1. The van der Waals surface area contributed by atoms with Crippen LogP contribution in [0.5, 0.6) is 0 Å². The molecule has 4 nitrogen and oxygen atoms in total. The van der Waals surface area contributed by atoms with Crippen LogP contribution in [0.2, 0.25) is 0 Å². The van der Waals surface area contributed by atoms with E-state index in [9.17, 15) is 9.59 Å². The lowest BCUT2D eigenvalue weighted by atomic mass is 9.92. The monoisotopic (exact) mass is 372 g/mol. The van der Waals surface area contributed by atoms with Gasteiger partial charge in [-0.15, -0.1) is 11.3 Å². The molecule has 2 amide bonds. The van der Waals surface area contributed by atoms with Crippen LogP contribution in [0.1, 0.15) is 39.0 Å². The minimum absolute atomic E-state index is 0.0203.